The van der Waals surface area contributed by atoms with Crippen LogP contribution in [0.4, 0.5) is 10.1 Å². The molecular formula is C29H35ClFN7O2. The van der Waals surface area contributed by atoms with Gasteiger partial charge in [0.1, 0.15) is 5.49 Å². The molecule has 0 bridgehead atoms. The molecule has 2 aliphatic rings. The molecule has 0 saturated carbocycles. The summed E-state index contributed by atoms with van der Waals surface area (Å²) in [7, 11) is 0. The molecule has 2 aromatic carbocycles. The highest BCUT2D eigenvalue weighted by atomic mass is 35.5. The first-order chi connectivity index (χ1) is 19.2. The van der Waals surface area contributed by atoms with E-state index in [-0.39, 0.29) is 29.2 Å². The van der Waals surface area contributed by atoms with E-state index in [0.717, 1.165) is 54.1 Å². The predicted octanol–water partition coefficient (Wildman–Crippen LogP) is 2.79. The topological polar surface area (TPSA) is 151 Å². The first-order valence-corrected chi connectivity index (χ1v) is 13.9. The van der Waals surface area contributed by atoms with Crippen LogP contribution in [0.2, 0.25) is 5.02 Å². The number of rotatable bonds is 9. The van der Waals surface area contributed by atoms with Crippen LogP contribution >= 0.6 is 11.6 Å². The molecule has 2 aliphatic heterocycles. The summed E-state index contributed by atoms with van der Waals surface area (Å²) in [6.45, 7) is 2.41. The van der Waals surface area contributed by atoms with E-state index in [2.05, 4.69) is 15.0 Å². The van der Waals surface area contributed by atoms with Crippen molar-refractivity contribution in [3.05, 3.63) is 75.1 Å². The number of aryl methyl sites for hydroxylation is 1. The maximum absolute atomic E-state index is 15.1. The van der Waals surface area contributed by atoms with Gasteiger partial charge in [0.05, 0.1) is 29.5 Å². The largest absolute Gasteiger partial charge is 0.370 e. The first-order valence-electron chi connectivity index (χ1n) is 13.5. The Morgan fingerprint density at radius 3 is 2.75 bits per heavy atom. The molecule has 8 N–H and O–H groups in total. The fraction of sp³-hybridized carbons (Fsp3) is 0.379. The molecule has 0 spiro atoms. The molecule has 40 heavy (non-hydrogen) atoms. The number of nitrogens with two attached hydrogens (primary N) is 3. The zero-order chi connectivity index (χ0) is 28.4. The number of aliphatic imine (C=N–C) groups is 1. The molecule has 3 aromatic rings. The minimum Gasteiger partial charge on any atom is -0.370 e. The number of aliphatic hydroxyl groups excluding tert-OH is 1. The molecule has 1 fully saturated rings. The second-order valence-electron chi connectivity index (χ2n) is 10.5. The van der Waals surface area contributed by atoms with Gasteiger partial charge in [-0.25, -0.2) is 9.38 Å². The van der Waals surface area contributed by atoms with Crippen LogP contribution in [0.15, 0.2) is 52.4 Å². The number of ether oxygens (including phenoxy) is 1. The molecule has 0 amide bonds. The molecule has 11 heteroatoms. The maximum atomic E-state index is 15.1. The molecule has 0 radical (unpaired) electrons. The van der Waals surface area contributed by atoms with E-state index in [9.17, 15) is 5.11 Å². The van der Waals surface area contributed by atoms with Crippen molar-refractivity contribution in [1.29, 1.82) is 0 Å². The Morgan fingerprint density at radius 2 is 2.02 bits per heavy atom. The smallest absolute Gasteiger partial charge is 0.231 e. The quantitative estimate of drug-likeness (QED) is 0.198. The molecule has 9 nitrogen and oxygen atoms in total. The number of benzene rings is 2. The third kappa shape index (κ3) is 6.31. The van der Waals surface area contributed by atoms with Crippen molar-refractivity contribution >= 4 is 29.4 Å². The van der Waals surface area contributed by atoms with Crippen LogP contribution in [0.5, 0.6) is 0 Å². The van der Waals surface area contributed by atoms with Crippen LogP contribution in [0.3, 0.4) is 0 Å². The van der Waals surface area contributed by atoms with Gasteiger partial charge in [-0.2, -0.15) is 0 Å². The van der Waals surface area contributed by atoms with Crippen LogP contribution in [-0.2, 0) is 11.2 Å². The number of hydrogen-bond acceptors (Lipinski definition) is 6. The summed E-state index contributed by atoms with van der Waals surface area (Å²) in [5.74, 6) is -0.440. The molecule has 5 rings (SSSR count). The lowest BCUT2D eigenvalue weighted by molar-refractivity contribution is 0.0501. The summed E-state index contributed by atoms with van der Waals surface area (Å²) in [5.41, 5.74) is 20.8. The van der Waals surface area contributed by atoms with E-state index in [4.69, 9.17) is 33.5 Å². The average molecular weight is 568 g/mol. The predicted molar refractivity (Wildman–Crippen MR) is 155 cm³/mol. The van der Waals surface area contributed by atoms with Crippen molar-refractivity contribution in [3.8, 4) is 11.3 Å². The molecule has 4 atom stereocenters. The number of nitrogens with one attached hydrogen (secondary N) is 1. The van der Waals surface area contributed by atoms with E-state index in [1.54, 1.807) is 23.2 Å². The number of anilines is 1. The Kier molecular flexibility index (Phi) is 8.41. The van der Waals surface area contributed by atoms with Crippen LogP contribution in [0, 0.1) is 5.82 Å². The molecule has 1 unspecified atom stereocenters. The molecular weight excluding hydrogens is 533 g/mol. The summed E-state index contributed by atoms with van der Waals surface area (Å²) in [6.07, 6.45) is 4.85. The highest BCUT2D eigenvalue weighted by molar-refractivity contribution is 6.31. The molecule has 1 saturated heterocycles. The van der Waals surface area contributed by atoms with Gasteiger partial charge in [-0.3, -0.25) is 4.99 Å². The van der Waals surface area contributed by atoms with Crippen molar-refractivity contribution < 1.29 is 14.2 Å². The number of H-pyrrole nitrogens is 1. The number of aromatic nitrogens is 1. The minimum atomic E-state index is -1.14. The van der Waals surface area contributed by atoms with Crippen molar-refractivity contribution in [2.45, 2.75) is 63.6 Å². The van der Waals surface area contributed by atoms with Gasteiger partial charge in [-0.05, 0) is 80.5 Å². The number of hydrogen-bond donors (Lipinski definition) is 5. The summed E-state index contributed by atoms with van der Waals surface area (Å²) in [5, 5.41) is 11.6. The van der Waals surface area contributed by atoms with Crippen LogP contribution < -0.4 is 32.8 Å². The molecule has 0 aliphatic carbocycles. The van der Waals surface area contributed by atoms with E-state index in [1.165, 1.54) is 0 Å². The van der Waals surface area contributed by atoms with Gasteiger partial charge >= 0.3 is 0 Å². The highest BCUT2D eigenvalue weighted by Gasteiger charge is 2.27. The van der Waals surface area contributed by atoms with Crippen LogP contribution in [0.25, 0.3) is 17.5 Å². The van der Waals surface area contributed by atoms with Gasteiger partial charge in [-0.15, -0.1) is 0 Å². The maximum Gasteiger partial charge on any atom is 0.231 e. The van der Waals surface area contributed by atoms with Crippen molar-refractivity contribution in [1.82, 2.24) is 4.98 Å². The second-order valence-corrected chi connectivity index (χ2v) is 10.9. The monoisotopic (exact) mass is 567 g/mol. The van der Waals surface area contributed by atoms with Gasteiger partial charge in [0.2, 0.25) is 6.35 Å². The standard InChI is InChI=1S/C29H35ClFN7O2/c1-16(32)3-2-4-17-11-22(26(31)23(30)12-17)24-13-19-15-38(29(39)37-27(19)36-24)20-7-5-18(6-8-20)25-10-9-21(40-25)14-35-28(33)34/h5-8,11-13,15-16,21,25,29,39H,2-4,9-10,14,32H2,1H3,(H,36,37)(H4,33,34,35)/t16-,21+,25-,29?/m0/s1. The normalized spacial score (nSPS) is 20.9. The summed E-state index contributed by atoms with van der Waals surface area (Å²) < 4.78 is 21.2. The minimum absolute atomic E-state index is 0.0147. The Morgan fingerprint density at radius 1 is 1.25 bits per heavy atom. The Labute approximate surface area is 237 Å². The fourth-order valence-corrected chi connectivity index (χ4v) is 5.42. The van der Waals surface area contributed by atoms with Gasteiger partial charge in [0.15, 0.2) is 11.8 Å². The third-order valence-corrected chi connectivity index (χ3v) is 7.52. The average Bonchev–Trinajstić information content (AvgIpc) is 3.56. The first kappa shape index (κ1) is 28.1. The number of aromatic amines is 1. The van der Waals surface area contributed by atoms with E-state index < -0.39 is 12.2 Å². The number of guanidine groups is 1. The summed E-state index contributed by atoms with van der Waals surface area (Å²) in [4.78, 5) is 13.3. The lowest BCUT2D eigenvalue weighted by Gasteiger charge is -2.25. The number of halogens is 2. The summed E-state index contributed by atoms with van der Waals surface area (Å²) >= 11 is 6.24. The lowest BCUT2D eigenvalue weighted by atomic mass is 10.0. The van der Waals surface area contributed by atoms with Crippen molar-refractivity contribution in [2.24, 2.45) is 27.2 Å². The van der Waals surface area contributed by atoms with Gasteiger partial charge in [0.25, 0.3) is 0 Å². The molecule has 1 aromatic heterocycles. The van der Waals surface area contributed by atoms with Gasteiger partial charge < -0.3 is 36.9 Å². The number of aliphatic hydroxyl groups is 1. The number of fused-ring (bicyclic) bond motifs is 1. The zero-order valence-electron chi connectivity index (χ0n) is 22.4. The molecule has 212 valence electrons. The fourth-order valence-electron chi connectivity index (χ4n) is 5.18. The summed E-state index contributed by atoms with van der Waals surface area (Å²) in [6, 6.07) is 13.2. The third-order valence-electron chi connectivity index (χ3n) is 7.25. The Bertz CT molecular complexity index is 1500. The van der Waals surface area contributed by atoms with Gasteiger partial charge in [0, 0.05) is 28.7 Å². The Balaban J connectivity index is 1.35. The van der Waals surface area contributed by atoms with Crippen molar-refractivity contribution in [3.63, 3.8) is 0 Å². The van der Waals surface area contributed by atoms with E-state index >= 15 is 4.39 Å². The van der Waals surface area contributed by atoms with E-state index in [1.807, 2.05) is 37.3 Å². The highest BCUT2D eigenvalue weighted by Crippen LogP contribution is 2.34. The van der Waals surface area contributed by atoms with Crippen LogP contribution in [-0.4, -0.2) is 41.1 Å². The molecule has 3 heterocycles. The lowest BCUT2D eigenvalue weighted by Crippen LogP contribution is -2.41. The van der Waals surface area contributed by atoms with Crippen molar-refractivity contribution in [2.75, 3.05) is 11.4 Å². The SMILES string of the molecule is C[C@H](N)CCCc1cc(Cl)c(F)c(-c2cc3c([nH]2)=NC(O)N(c2ccc([C@@H]4CC[C@H](CN=C(N)N)O4)cc2)C=3)c1. The number of nitrogens with zero attached hydrogens (tertiary/aromatic N) is 3. The Hall–Kier alpha value is -3.44. The zero-order valence-corrected chi connectivity index (χ0v) is 23.1. The van der Waals surface area contributed by atoms with Gasteiger partial charge in [-0.1, -0.05) is 23.7 Å². The second kappa shape index (κ2) is 12.0. The van der Waals surface area contributed by atoms with Crippen LogP contribution in [0.1, 0.15) is 49.8 Å². The van der Waals surface area contributed by atoms with E-state index in [0.29, 0.717) is 23.3 Å².